The second-order valence-corrected chi connectivity index (χ2v) is 6.08. The smallest absolute Gasteiger partial charge is 0.231 e. The number of imidazole rings is 1. The van der Waals surface area contributed by atoms with Gasteiger partial charge in [0, 0.05) is 30.0 Å². The van der Waals surface area contributed by atoms with E-state index < -0.39 is 11.6 Å². The van der Waals surface area contributed by atoms with Gasteiger partial charge in [-0.15, -0.1) is 0 Å². The van der Waals surface area contributed by atoms with Gasteiger partial charge < -0.3 is 15.8 Å². The average molecular weight is 382 g/mol. The topological polar surface area (TPSA) is 90.9 Å². The van der Waals surface area contributed by atoms with E-state index in [1.54, 1.807) is 24.7 Å². The number of nitrogens with two attached hydrogens (primary N) is 1. The molecule has 0 aliphatic heterocycles. The van der Waals surface area contributed by atoms with Crippen LogP contribution in [0.15, 0.2) is 42.5 Å². The lowest BCUT2D eigenvalue weighted by Gasteiger charge is -2.11. The van der Waals surface area contributed by atoms with Crippen molar-refractivity contribution in [1.82, 2.24) is 19.5 Å². The largest absolute Gasteiger partial charge is 0.497 e. The van der Waals surface area contributed by atoms with Gasteiger partial charge in [0.15, 0.2) is 11.6 Å². The van der Waals surface area contributed by atoms with E-state index in [-0.39, 0.29) is 11.8 Å². The van der Waals surface area contributed by atoms with Gasteiger partial charge in [0.2, 0.25) is 5.95 Å². The average Bonchev–Trinajstić information content (AvgIpc) is 2.96. The first kappa shape index (κ1) is 17.7. The summed E-state index contributed by atoms with van der Waals surface area (Å²) in [6.07, 6.45) is 0. The van der Waals surface area contributed by atoms with Crippen molar-refractivity contribution in [2.45, 2.75) is 6.92 Å². The number of halogens is 2. The summed E-state index contributed by atoms with van der Waals surface area (Å²) in [6, 6.07) is 10.9. The third kappa shape index (κ3) is 3.18. The Balaban J connectivity index is 1.80. The zero-order chi connectivity index (χ0) is 19.8. The van der Waals surface area contributed by atoms with Gasteiger partial charge in [-0.1, -0.05) is 6.07 Å². The summed E-state index contributed by atoms with van der Waals surface area (Å²) in [6.45, 7) is 1.71. The molecule has 4 rings (SSSR count). The summed E-state index contributed by atoms with van der Waals surface area (Å²) < 4.78 is 34.1. The molecule has 2 aromatic heterocycles. The van der Waals surface area contributed by atoms with Crippen molar-refractivity contribution in [2.24, 2.45) is 0 Å². The number of fused-ring (bicyclic) bond motifs is 1. The van der Waals surface area contributed by atoms with E-state index in [9.17, 15) is 8.78 Å². The minimum Gasteiger partial charge on any atom is -0.497 e. The lowest BCUT2D eigenvalue weighted by Crippen LogP contribution is -2.07. The van der Waals surface area contributed by atoms with Crippen LogP contribution in [0.5, 0.6) is 5.75 Å². The van der Waals surface area contributed by atoms with Gasteiger partial charge in [0.1, 0.15) is 23.2 Å². The lowest BCUT2D eigenvalue weighted by atomic mass is 10.3. The minimum absolute atomic E-state index is 0.208. The number of anilines is 3. The number of hydrogen-bond donors (Lipinski definition) is 2. The van der Waals surface area contributed by atoms with Crippen LogP contribution in [0.1, 0.15) is 5.82 Å². The summed E-state index contributed by atoms with van der Waals surface area (Å²) in [5.74, 6) is 0.0777. The van der Waals surface area contributed by atoms with E-state index in [4.69, 9.17) is 10.5 Å². The fraction of sp³-hybridized carbons (Fsp3) is 0.105. The Labute approximate surface area is 158 Å². The van der Waals surface area contributed by atoms with Gasteiger partial charge >= 0.3 is 0 Å². The van der Waals surface area contributed by atoms with E-state index in [0.29, 0.717) is 34.1 Å². The van der Waals surface area contributed by atoms with E-state index in [1.165, 1.54) is 6.07 Å². The van der Waals surface area contributed by atoms with Gasteiger partial charge in [-0.25, -0.2) is 13.8 Å². The number of methoxy groups -OCH3 is 1. The number of aromatic nitrogens is 4. The number of nitrogen functional groups attached to an aromatic ring is 1. The zero-order valence-corrected chi connectivity index (χ0v) is 15.1. The van der Waals surface area contributed by atoms with Crippen LogP contribution in [-0.2, 0) is 0 Å². The highest BCUT2D eigenvalue weighted by molar-refractivity contribution is 5.78. The summed E-state index contributed by atoms with van der Waals surface area (Å²) in [4.78, 5) is 12.9. The van der Waals surface area contributed by atoms with Crippen LogP contribution < -0.4 is 15.8 Å². The predicted octanol–water partition coefficient (Wildman–Crippen LogP) is 3.74. The molecule has 0 amide bonds. The molecular formula is C19H16F2N6O. The van der Waals surface area contributed by atoms with Crippen LogP contribution in [0, 0.1) is 18.6 Å². The molecule has 4 aromatic rings. The third-order valence-corrected chi connectivity index (χ3v) is 4.15. The van der Waals surface area contributed by atoms with Crippen molar-refractivity contribution in [3.8, 4) is 11.6 Å². The molecule has 0 aliphatic rings. The van der Waals surface area contributed by atoms with Crippen molar-refractivity contribution in [2.75, 3.05) is 18.2 Å². The predicted molar refractivity (Wildman–Crippen MR) is 102 cm³/mol. The zero-order valence-electron chi connectivity index (χ0n) is 15.1. The Morgan fingerprint density at radius 3 is 2.61 bits per heavy atom. The maximum absolute atomic E-state index is 13.8. The minimum atomic E-state index is -0.967. The Morgan fingerprint density at radius 2 is 1.82 bits per heavy atom. The summed E-state index contributed by atoms with van der Waals surface area (Å²) in [5.41, 5.74) is 7.34. The molecule has 0 spiro atoms. The first-order valence-corrected chi connectivity index (χ1v) is 8.34. The highest BCUT2D eigenvalue weighted by Crippen LogP contribution is 2.25. The molecule has 142 valence electrons. The number of ether oxygens (including phenoxy) is 1. The van der Waals surface area contributed by atoms with Crippen molar-refractivity contribution in [3.63, 3.8) is 0 Å². The van der Waals surface area contributed by atoms with Gasteiger partial charge in [-0.3, -0.25) is 4.57 Å². The SMILES string of the molecule is COc1cccc(Nc2nc(N)cc(-n3c(C)nc4cc(F)c(F)cc43)n2)c1. The van der Waals surface area contributed by atoms with Crippen LogP contribution in [-0.4, -0.2) is 26.6 Å². The van der Waals surface area contributed by atoms with E-state index >= 15 is 0 Å². The fourth-order valence-electron chi connectivity index (χ4n) is 2.94. The van der Waals surface area contributed by atoms with E-state index in [2.05, 4.69) is 20.3 Å². The monoisotopic (exact) mass is 382 g/mol. The molecule has 0 atom stereocenters. The molecule has 2 aromatic carbocycles. The van der Waals surface area contributed by atoms with Crippen LogP contribution >= 0.6 is 0 Å². The first-order valence-electron chi connectivity index (χ1n) is 8.34. The fourth-order valence-corrected chi connectivity index (χ4v) is 2.94. The quantitative estimate of drug-likeness (QED) is 0.559. The number of nitrogens with one attached hydrogen (secondary N) is 1. The number of hydrogen-bond acceptors (Lipinski definition) is 6. The molecule has 0 saturated heterocycles. The summed E-state index contributed by atoms with van der Waals surface area (Å²) in [7, 11) is 1.57. The van der Waals surface area contributed by atoms with Gasteiger partial charge in [-0.05, 0) is 19.1 Å². The standard InChI is InChI=1S/C19H16F2N6O/c1-10-23-15-7-13(20)14(21)8-16(15)27(10)18-9-17(22)25-19(26-18)24-11-4-3-5-12(6-11)28-2/h3-9H,1-2H3,(H3,22,24,25,26). The molecule has 7 nitrogen and oxygen atoms in total. The van der Waals surface area contributed by atoms with E-state index in [1.807, 2.05) is 18.2 Å². The maximum Gasteiger partial charge on any atom is 0.231 e. The van der Waals surface area contributed by atoms with Crippen molar-refractivity contribution < 1.29 is 13.5 Å². The number of benzene rings is 2. The molecule has 0 radical (unpaired) electrons. The van der Waals surface area contributed by atoms with Crippen LogP contribution in [0.3, 0.4) is 0 Å². The summed E-state index contributed by atoms with van der Waals surface area (Å²) >= 11 is 0. The van der Waals surface area contributed by atoms with E-state index in [0.717, 1.165) is 12.1 Å². The Bertz CT molecular complexity index is 1190. The van der Waals surface area contributed by atoms with Crippen LogP contribution in [0.25, 0.3) is 16.9 Å². The van der Waals surface area contributed by atoms with Crippen molar-refractivity contribution in [3.05, 3.63) is 59.9 Å². The van der Waals surface area contributed by atoms with Crippen LogP contribution in [0.4, 0.5) is 26.2 Å². The van der Waals surface area contributed by atoms with Crippen molar-refractivity contribution in [1.29, 1.82) is 0 Å². The van der Waals surface area contributed by atoms with Gasteiger partial charge in [-0.2, -0.15) is 9.97 Å². The normalized spacial score (nSPS) is 11.0. The molecule has 0 unspecified atom stereocenters. The Kier molecular flexibility index (Phi) is 4.26. The second-order valence-electron chi connectivity index (χ2n) is 6.08. The molecular weight excluding hydrogens is 366 g/mol. The molecule has 28 heavy (non-hydrogen) atoms. The second kappa shape index (κ2) is 6.76. The summed E-state index contributed by atoms with van der Waals surface area (Å²) in [5, 5.41) is 3.06. The van der Waals surface area contributed by atoms with Crippen molar-refractivity contribution >= 4 is 28.5 Å². The van der Waals surface area contributed by atoms with Crippen LogP contribution in [0.2, 0.25) is 0 Å². The first-order chi connectivity index (χ1) is 13.4. The number of nitrogens with zero attached hydrogens (tertiary/aromatic N) is 4. The highest BCUT2D eigenvalue weighted by atomic mass is 19.2. The molecule has 2 heterocycles. The molecule has 0 aliphatic carbocycles. The van der Waals surface area contributed by atoms with Gasteiger partial charge in [0.05, 0.1) is 18.1 Å². The molecule has 0 fully saturated rings. The Hall–Kier alpha value is -3.75. The Morgan fingerprint density at radius 1 is 1.04 bits per heavy atom. The molecule has 3 N–H and O–H groups in total. The molecule has 0 bridgehead atoms. The lowest BCUT2D eigenvalue weighted by molar-refractivity contribution is 0.415. The van der Waals surface area contributed by atoms with Gasteiger partial charge in [0.25, 0.3) is 0 Å². The highest BCUT2D eigenvalue weighted by Gasteiger charge is 2.15. The molecule has 9 heteroatoms. The maximum atomic E-state index is 13.8. The number of aryl methyl sites for hydroxylation is 1. The third-order valence-electron chi connectivity index (χ3n) is 4.15. The molecule has 0 saturated carbocycles. The number of rotatable bonds is 4.